The van der Waals surface area contributed by atoms with E-state index in [4.69, 9.17) is 16.7 Å². The Morgan fingerprint density at radius 1 is 0.914 bits per heavy atom. The van der Waals surface area contributed by atoms with E-state index < -0.39 is 12.0 Å². The highest BCUT2D eigenvalue weighted by atomic mass is 35.5. The van der Waals surface area contributed by atoms with Crippen molar-refractivity contribution in [3.8, 4) is 0 Å². The molecule has 2 aromatic rings. The molecule has 3 rings (SSSR count). The summed E-state index contributed by atoms with van der Waals surface area (Å²) in [4.78, 5) is 47.9. The standard InChI is InChI=1S/C25H27ClN4O5/c1-14-6-7-16(23(32)27-10-11-28-25(34)35)12-20(14)30-24(33)17-8-9-18(26)21(13-17)29-19-4-3-5-22(31)15(19)2/h6-9,12-13,28-29H,3-5,10-11H2,1-2H3,(H,27,32)(H,30,33)(H,34,35). The monoisotopic (exact) mass is 498 g/mol. The van der Waals surface area contributed by atoms with E-state index in [0.29, 0.717) is 39.5 Å². The largest absolute Gasteiger partial charge is 0.465 e. The average molecular weight is 499 g/mol. The molecule has 0 fully saturated rings. The lowest BCUT2D eigenvalue weighted by molar-refractivity contribution is -0.116. The Kier molecular flexibility index (Phi) is 8.48. The molecule has 1 aliphatic carbocycles. The Bertz CT molecular complexity index is 1210. The highest BCUT2D eigenvalue weighted by Crippen LogP contribution is 2.29. The quantitative estimate of drug-likeness (QED) is 0.343. The van der Waals surface area contributed by atoms with Gasteiger partial charge in [-0.3, -0.25) is 14.4 Å². The number of rotatable bonds is 8. The molecule has 10 heteroatoms. The van der Waals surface area contributed by atoms with Crippen molar-refractivity contribution in [2.45, 2.75) is 33.1 Å². The van der Waals surface area contributed by atoms with Gasteiger partial charge in [0, 0.05) is 47.6 Å². The maximum Gasteiger partial charge on any atom is 0.404 e. The normalized spacial score (nSPS) is 13.3. The molecule has 0 radical (unpaired) electrons. The molecule has 0 spiro atoms. The molecule has 184 valence electrons. The number of Topliss-reactive ketones (excluding diaryl/α,β-unsaturated/α-hetero) is 1. The minimum absolute atomic E-state index is 0.0774. The van der Waals surface area contributed by atoms with E-state index in [-0.39, 0.29) is 24.8 Å². The molecule has 3 amide bonds. The summed E-state index contributed by atoms with van der Waals surface area (Å²) < 4.78 is 0. The lowest BCUT2D eigenvalue weighted by Crippen LogP contribution is -2.34. The fraction of sp³-hybridized carbons (Fsp3) is 0.280. The number of aryl methyl sites for hydroxylation is 1. The smallest absolute Gasteiger partial charge is 0.404 e. The summed E-state index contributed by atoms with van der Waals surface area (Å²) in [5.74, 6) is -0.681. The van der Waals surface area contributed by atoms with Crippen LogP contribution >= 0.6 is 11.6 Å². The van der Waals surface area contributed by atoms with Crippen LogP contribution in [0, 0.1) is 6.92 Å². The number of ketones is 1. The van der Waals surface area contributed by atoms with Crippen molar-refractivity contribution in [2.24, 2.45) is 0 Å². The van der Waals surface area contributed by atoms with Gasteiger partial charge in [-0.25, -0.2) is 4.79 Å². The van der Waals surface area contributed by atoms with Gasteiger partial charge in [-0.15, -0.1) is 0 Å². The van der Waals surface area contributed by atoms with E-state index in [1.54, 1.807) is 50.2 Å². The zero-order chi connectivity index (χ0) is 25.5. The topological polar surface area (TPSA) is 137 Å². The number of carbonyl (C=O) groups is 4. The van der Waals surface area contributed by atoms with Crippen molar-refractivity contribution in [1.82, 2.24) is 10.6 Å². The van der Waals surface area contributed by atoms with E-state index in [1.165, 1.54) is 0 Å². The van der Waals surface area contributed by atoms with Crippen molar-refractivity contribution < 1.29 is 24.3 Å². The second-order valence-corrected chi connectivity index (χ2v) is 8.58. The van der Waals surface area contributed by atoms with Gasteiger partial charge in [0.25, 0.3) is 11.8 Å². The van der Waals surface area contributed by atoms with Crippen LogP contribution in [0.2, 0.25) is 5.02 Å². The van der Waals surface area contributed by atoms with Crippen LogP contribution < -0.4 is 21.3 Å². The molecule has 0 aromatic heterocycles. The molecule has 0 saturated carbocycles. The Morgan fingerprint density at radius 3 is 2.31 bits per heavy atom. The number of anilines is 2. The Hall–Kier alpha value is -3.85. The third-order valence-electron chi connectivity index (χ3n) is 5.65. The van der Waals surface area contributed by atoms with Gasteiger partial charge in [0.1, 0.15) is 0 Å². The maximum atomic E-state index is 13.0. The Morgan fingerprint density at radius 2 is 1.57 bits per heavy atom. The van der Waals surface area contributed by atoms with Crippen molar-refractivity contribution in [1.29, 1.82) is 0 Å². The number of benzene rings is 2. The molecule has 9 nitrogen and oxygen atoms in total. The second kappa shape index (κ2) is 11.5. The van der Waals surface area contributed by atoms with Crippen molar-refractivity contribution in [3.63, 3.8) is 0 Å². The van der Waals surface area contributed by atoms with Crippen molar-refractivity contribution in [2.75, 3.05) is 23.7 Å². The summed E-state index contributed by atoms with van der Waals surface area (Å²) in [6.07, 6.45) is 0.850. The molecule has 35 heavy (non-hydrogen) atoms. The number of hydrogen-bond acceptors (Lipinski definition) is 5. The van der Waals surface area contributed by atoms with Gasteiger partial charge in [-0.2, -0.15) is 0 Å². The summed E-state index contributed by atoms with van der Waals surface area (Å²) in [5.41, 5.74) is 3.91. The average Bonchev–Trinajstić information content (AvgIpc) is 2.82. The molecule has 0 bridgehead atoms. The second-order valence-electron chi connectivity index (χ2n) is 8.17. The van der Waals surface area contributed by atoms with E-state index in [0.717, 1.165) is 24.1 Å². The van der Waals surface area contributed by atoms with E-state index in [1.807, 2.05) is 0 Å². The summed E-state index contributed by atoms with van der Waals surface area (Å²) in [6.45, 7) is 3.79. The van der Waals surface area contributed by atoms with E-state index >= 15 is 0 Å². The minimum atomic E-state index is -1.17. The predicted molar refractivity (Wildman–Crippen MR) is 134 cm³/mol. The minimum Gasteiger partial charge on any atom is -0.465 e. The molecule has 0 saturated heterocycles. The highest BCUT2D eigenvalue weighted by molar-refractivity contribution is 6.33. The van der Waals surface area contributed by atoms with Gasteiger partial charge in [-0.1, -0.05) is 17.7 Å². The lowest BCUT2D eigenvalue weighted by atomic mass is 9.96. The summed E-state index contributed by atoms with van der Waals surface area (Å²) in [6, 6.07) is 9.72. The van der Waals surface area contributed by atoms with Crippen LogP contribution in [0.5, 0.6) is 0 Å². The van der Waals surface area contributed by atoms with Crippen LogP contribution in [0.4, 0.5) is 16.2 Å². The number of halogens is 1. The van der Waals surface area contributed by atoms with Gasteiger partial charge in [0.15, 0.2) is 5.78 Å². The highest BCUT2D eigenvalue weighted by Gasteiger charge is 2.18. The molecule has 0 aliphatic heterocycles. The number of amides is 3. The van der Waals surface area contributed by atoms with Crippen molar-refractivity contribution >= 4 is 46.7 Å². The molecule has 0 atom stereocenters. The van der Waals surface area contributed by atoms with Crippen LogP contribution in [0.15, 0.2) is 47.7 Å². The third-order valence-corrected chi connectivity index (χ3v) is 5.98. The predicted octanol–water partition coefficient (Wildman–Crippen LogP) is 4.34. The summed E-state index contributed by atoms with van der Waals surface area (Å²) >= 11 is 6.33. The van der Waals surface area contributed by atoms with E-state index in [2.05, 4.69) is 21.3 Å². The number of hydrogen-bond donors (Lipinski definition) is 5. The SMILES string of the molecule is CC1=C(Nc2cc(C(=O)Nc3cc(C(=O)NCCNC(=O)O)ccc3C)ccc2Cl)CCCC1=O. The number of carboxylic acid groups (broad SMARTS) is 1. The Labute approximate surface area is 207 Å². The van der Waals surface area contributed by atoms with Gasteiger partial charge in [-0.05, 0) is 62.6 Å². The van der Waals surface area contributed by atoms with Crippen LogP contribution in [-0.2, 0) is 4.79 Å². The molecule has 5 N–H and O–H groups in total. The number of carbonyl (C=O) groups excluding carboxylic acids is 3. The first kappa shape index (κ1) is 25.8. The first-order valence-electron chi connectivity index (χ1n) is 11.1. The number of allylic oxidation sites excluding steroid dienone is 2. The summed E-state index contributed by atoms with van der Waals surface area (Å²) in [7, 11) is 0. The zero-order valence-electron chi connectivity index (χ0n) is 19.5. The molecule has 0 heterocycles. The molecular weight excluding hydrogens is 472 g/mol. The van der Waals surface area contributed by atoms with Crippen LogP contribution in [-0.4, -0.2) is 41.9 Å². The zero-order valence-corrected chi connectivity index (χ0v) is 20.2. The van der Waals surface area contributed by atoms with Gasteiger partial charge in [0.05, 0.1) is 10.7 Å². The molecule has 0 unspecified atom stereocenters. The lowest BCUT2D eigenvalue weighted by Gasteiger charge is -2.19. The Balaban J connectivity index is 1.73. The first-order valence-corrected chi connectivity index (χ1v) is 11.5. The van der Waals surface area contributed by atoms with Gasteiger partial charge in [0.2, 0.25) is 0 Å². The fourth-order valence-corrected chi connectivity index (χ4v) is 3.75. The number of nitrogens with one attached hydrogen (secondary N) is 4. The van der Waals surface area contributed by atoms with Crippen molar-refractivity contribution in [3.05, 3.63) is 69.4 Å². The van der Waals surface area contributed by atoms with E-state index in [9.17, 15) is 19.2 Å². The van der Waals surface area contributed by atoms with Crippen LogP contribution in [0.3, 0.4) is 0 Å². The third kappa shape index (κ3) is 6.83. The van der Waals surface area contributed by atoms with Gasteiger partial charge >= 0.3 is 6.09 Å². The van der Waals surface area contributed by atoms with Gasteiger partial charge < -0.3 is 26.4 Å². The summed E-state index contributed by atoms with van der Waals surface area (Å²) in [5, 5.41) is 19.8. The first-order chi connectivity index (χ1) is 16.7. The maximum absolute atomic E-state index is 13.0. The fourth-order valence-electron chi connectivity index (χ4n) is 3.59. The molecule has 1 aliphatic rings. The molecular formula is C25H27ClN4O5. The van der Waals surface area contributed by atoms with Crippen LogP contribution in [0.1, 0.15) is 52.5 Å². The molecule has 2 aromatic carbocycles. The van der Waals surface area contributed by atoms with Crippen LogP contribution in [0.25, 0.3) is 0 Å².